The van der Waals surface area contributed by atoms with Gasteiger partial charge in [-0.05, 0) is 40.2 Å². The number of hydrogen-bond acceptors (Lipinski definition) is 5. The second-order valence-corrected chi connectivity index (χ2v) is 5.57. The Hall–Kier alpha value is -1.30. The van der Waals surface area contributed by atoms with Gasteiger partial charge in [-0.25, -0.2) is 4.79 Å². The van der Waals surface area contributed by atoms with Crippen LogP contribution < -0.4 is 10.6 Å². The highest BCUT2D eigenvalue weighted by Crippen LogP contribution is 2.06. The lowest BCUT2D eigenvalue weighted by Crippen LogP contribution is -2.36. The fraction of sp³-hybridized carbons (Fsp3) is 0.857. The third-order valence-electron chi connectivity index (χ3n) is 2.43. The van der Waals surface area contributed by atoms with Crippen LogP contribution in [0.1, 0.15) is 46.5 Å². The topological polar surface area (TPSA) is 76.7 Å². The summed E-state index contributed by atoms with van der Waals surface area (Å²) in [5.41, 5.74) is -0.461. The Bertz CT molecular complexity index is 287. The van der Waals surface area contributed by atoms with Gasteiger partial charge < -0.3 is 20.1 Å². The molecule has 0 aromatic carbocycles. The molecule has 2 N–H and O–H groups in total. The smallest absolute Gasteiger partial charge is 0.407 e. The van der Waals surface area contributed by atoms with E-state index in [4.69, 9.17) is 4.74 Å². The Morgan fingerprint density at radius 3 is 2.30 bits per heavy atom. The molecule has 118 valence electrons. The van der Waals surface area contributed by atoms with Crippen LogP contribution in [0.3, 0.4) is 0 Å². The zero-order chi connectivity index (χ0) is 15.4. The Morgan fingerprint density at radius 1 is 1.00 bits per heavy atom. The lowest BCUT2D eigenvalue weighted by Gasteiger charge is -2.19. The first kappa shape index (κ1) is 18.7. The van der Waals surface area contributed by atoms with Crippen molar-refractivity contribution in [3.05, 3.63) is 0 Å². The number of unbranched alkanes of at least 4 members (excludes halogenated alkanes) is 2. The fourth-order valence-corrected chi connectivity index (χ4v) is 1.49. The highest BCUT2D eigenvalue weighted by atomic mass is 16.6. The minimum Gasteiger partial charge on any atom is -0.469 e. The minimum atomic E-state index is -0.461. The van der Waals surface area contributed by atoms with Crippen LogP contribution in [0.15, 0.2) is 0 Å². The number of alkyl carbamates (subject to hydrolysis) is 1. The van der Waals surface area contributed by atoms with Gasteiger partial charge in [-0.3, -0.25) is 4.79 Å². The van der Waals surface area contributed by atoms with E-state index in [-0.39, 0.29) is 5.97 Å². The molecule has 0 aliphatic rings. The third-order valence-corrected chi connectivity index (χ3v) is 2.43. The van der Waals surface area contributed by atoms with Gasteiger partial charge in [0.15, 0.2) is 0 Å². The zero-order valence-corrected chi connectivity index (χ0v) is 13.1. The van der Waals surface area contributed by atoms with E-state index in [1.807, 2.05) is 20.8 Å². The molecule has 0 saturated carbocycles. The molecule has 0 saturated heterocycles. The molecule has 0 heterocycles. The Labute approximate surface area is 121 Å². The predicted octanol–water partition coefficient (Wildman–Crippen LogP) is 1.83. The van der Waals surface area contributed by atoms with Crippen molar-refractivity contribution >= 4 is 12.1 Å². The minimum absolute atomic E-state index is 0.153. The number of methoxy groups -OCH3 is 1. The van der Waals surface area contributed by atoms with Gasteiger partial charge in [0.05, 0.1) is 7.11 Å². The van der Waals surface area contributed by atoms with Crippen molar-refractivity contribution in [1.29, 1.82) is 0 Å². The van der Waals surface area contributed by atoms with Crippen LogP contribution in [0.25, 0.3) is 0 Å². The number of hydrogen-bond donors (Lipinski definition) is 2. The van der Waals surface area contributed by atoms with E-state index in [9.17, 15) is 9.59 Å². The van der Waals surface area contributed by atoms with Crippen molar-refractivity contribution < 1.29 is 19.1 Å². The Morgan fingerprint density at radius 2 is 1.70 bits per heavy atom. The van der Waals surface area contributed by atoms with Gasteiger partial charge in [-0.1, -0.05) is 6.42 Å². The van der Waals surface area contributed by atoms with Crippen LogP contribution in [-0.2, 0) is 14.3 Å². The van der Waals surface area contributed by atoms with Crippen LogP contribution in [0, 0.1) is 0 Å². The van der Waals surface area contributed by atoms with Gasteiger partial charge in [0.2, 0.25) is 0 Å². The average molecular weight is 288 g/mol. The quantitative estimate of drug-likeness (QED) is 0.500. The maximum atomic E-state index is 11.3. The van der Waals surface area contributed by atoms with Crippen LogP contribution in [0.5, 0.6) is 0 Å². The second kappa shape index (κ2) is 10.5. The normalized spacial score (nSPS) is 11.0. The lowest BCUT2D eigenvalue weighted by atomic mass is 10.2. The SMILES string of the molecule is COC(=O)CCCCCNCCNC(=O)OC(C)(C)C. The van der Waals surface area contributed by atoms with Crippen molar-refractivity contribution in [1.82, 2.24) is 10.6 Å². The number of carbonyl (C=O) groups is 2. The highest BCUT2D eigenvalue weighted by Gasteiger charge is 2.15. The summed E-state index contributed by atoms with van der Waals surface area (Å²) >= 11 is 0. The van der Waals surface area contributed by atoms with Gasteiger partial charge in [0.1, 0.15) is 5.60 Å². The summed E-state index contributed by atoms with van der Waals surface area (Å²) in [5, 5.41) is 5.90. The van der Waals surface area contributed by atoms with Crippen LogP contribution in [0.4, 0.5) is 4.79 Å². The molecule has 1 amide bonds. The van der Waals surface area contributed by atoms with Gasteiger partial charge in [0, 0.05) is 19.5 Å². The maximum absolute atomic E-state index is 11.3. The first-order chi connectivity index (χ1) is 9.35. The summed E-state index contributed by atoms with van der Waals surface area (Å²) < 4.78 is 9.67. The van der Waals surface area contributed by atoms with Gasteiger partial charge >= 0.3 is 12.1 Å². The molecule has 20 heavy (non-hydrogen) atoms. The summed E-state index contributed by atoms with van der Waals surface area (Å²) in [4.78, 5) is 22.2. The number of nitrogens with one attached hydrogen (secondary N) is 2. The molecule has 0 bridgehead atoms. The van der Waals surface area contributed by atoms with Crippen molar-refractivity contribution in [2.24, 2.45) is 0 Å². The molecule has 0 aromatic heterocycles. The Kier molecular flexibility index (Phi) is 9.80. The van der Waals surface area contributed by atoms with E-state index in [0.29, 0.717) is 19.5 Å². The molecular weight excluding hydrogens is 260 g/mol. The van der Waals surface area contributed by atoms with Gasteiger partial charge in [-0.2, -0.15) is 0 Å². The summed E-state index contributed by atoms with van der Waals surface area (Å²) in [6, 6.07) is 0. The van der Waals surface area contributed by atoms with Crippen LogP contribution in [-0.4, -0.2) is 44.4 Å². The molecule has 0 unspecified atom stereocenters. The molecule has 0 aliphatic heterocycles. The van der Waals surface area contributed by atoms with E-state index in [1.54, 1.807) is 0 Å². The van der Waals surface area contributed by atoms with Crippen LogP contribution >= 0.6 is 0 Å². The molecule has 0 rings (SSSR count). The summed E-state index contributed by atoms with van der Waals surface area (Å²) in [5.74, 6) is -0.153. The average Bonchev–Trinajstić information content (AvgIpc) is 2.34. The summed E-state index contributed by atoms with van der Waals surface area (Å²) in [6.07, 6.45) is 2.93. The molecule has 0 atom stereocenters. The number of ether oxygens (including phenoxy) is 2. The largest absolute Gasteiger partial charge is 0.469 e. The highest BCUT2D eigenvalue weighted by molar-refractivity contribution is 5.69. The standard InChI is InChI=1S/C14H28N2O4/c1-14(2,3)20-13(18)16-11-10-15-9-7-5-6-8-12(17)19-4/h15H,5-11H2,1-4H3,(H,16,18). The van der Waals surface area contributed by atoms with Crippen LogP contribution in [0.2, 0.25) is 0 Å². The molecule has 0 spiro atoms. The third kappa shape index (κ3) is 13.1. The van der Waals surface area contributed by atoms with E-state index < -0.39 is 11.7 Å². The number of rotatable bonds is 9. The molecule has 0 radical (unpaired) electrons. The van der Waals surface area contributed by atoms with E-state index >= 15 is 0 Å². The van der Waals surface area contributed by atoms with Crippen molar-refractivity contribution in [2.45, 2.75) is 52.1 Å². The first-order valence-corrected chi connectivity index (χ1v) is 7.09. The Balaban J connectivity index is 3.29. The summed E-state index contributed by atoms with van der Waals surface area (Å²) in [7, 11) is 1.40. The maximum Gasteiger partial charge on any atom is 0.407 e. The fourth-order valence-electron chi connectivity index (χ4n) is 1.49. The molecule has 6 nitrogen and oxygen atoms in total. The lowest BCUT2D eigenvalue weighted by molar-refractivity contribution is -0.140. The van der Waals surface area contributed by atoms with Gasteiger partial charge in [-0.15, -0.1) is 0 Å². The number of esters is 1. The van der Waals surface area contributed by atoms with E-state index in [0.717, 1.165) is 25.8 Å². The molecule has 6 heteroatoms. The van der Waals surface area contributed by atoms with E-state index in [2.05, 4.69) is 15.4 Å². The number of amides is 1. The molecule has 0 aromatic rings. The molecular formula is C14H28N2O4. The van der Waals surface area contributed by atoms with Crippen molar-refractivity contribution in [3.63, 3.8) is 0 Å². The monoisotopic (exact) mass is 288 g/mol. The summed E-state index contributed by atoms with van der Waals surface area (Å²) in [6.45, 7) is 7.61. The second-order valence-electron chi connectivity index (χ2n) is 5.57. The van der Waals surface area contributed by atoms with Gasteiger partial charge in [0.25, 0.3) is 0 Å². The predicted molar refractivity (Wildman–Crippen MR) is 77.6 cm³/mol. The number of carbonyl (C=O) groups excluding carboxylic acids is 2. The first-order valence-electron chi connectivity index (χ1n) is 7.09. The molecule has 0 fully saturated rings. The molecule has 0 aliphatic carbocycles. The van der Waals surface area contributed by atoms with Crippen molar-refractivity contribution in [2.75, 3.05) is 26.7 Å². The van der Waals surface area contributed by atoms with E-state index in [1.165, 1.54) is 7.11 Å². The zero-order valence-electron chi connectivity index (χ0n) is 13.1. The van der Waals surface area contributed by atoms with Crippen molar-refractivity contribution in [3.8, 4) is 0 Å².